The molecule has 6 nitrogen and oxygen atoms in total. The number of hydrogen-bond acceptors (Lipinski definition) is 5. The molecule has 1 amide bonds. The Hall–Kier alpha value is -1.69. The third kappa shape index (κ3) is 3.40. The highest BCUT2D eigenvalue weighted by molar-refractivity contribution is 5.91. The summed E-state index contributed by atoms with van der Waals surface area (Å²) in [6.45, 7) is 2.59. The van der Waals surface area contributed by atoms with Crippen molar-refractivity contribution in [3.63, 3.8) is 0 Å². The zero-order valence-electron chi connectivity index (χ0n) is 10.5. The molecule has 0 spiro atoms. The van der Waals surface area contributed by atoms with Gasteiger partial charge in [-0.15, -0.1) is 10.2 Å². The fraction of sp³-hybridized carbons (Fsp3) is 0.583. The molecule has 2 heterocycles. The summed E-state index contributed by atoms with van der Waals surface area (Å²) in [7, 11) is 1.57. The number of amides is 1. The second-order valence-electron chi connectivity index (χ2n) is 4.33. The summed E-state index contributed by atoms with van der Waals surface area (Å²) < 4.78 is 5.31. The van der Waals surface area contributed by atoms with Crippen molar-refractivity contribution in [3.05, 3.63) is 17.8 Å². The zero-order valence-corrected chi connectivity index (χ0v) is 10.5. The standard InChI is InChI=1S/C12H18N4O2/c1-13-12(17)10-2-3-11(16-15-10)14-6-4-9-5-7-18-8-9/h2-3,9H,4-8H2,1H3,(H,13,17)(H,14,16). The van der Waals surface area contributed by atoms with E-state index in [1.165, 1.54) is 0 Å². The van der Waals surface area contributed by atoms with Gasteiger partial charge in [0.1, 0.15) is 5.82 Å². The van der Waals surface area contributed by atoms with E-state index in [4.69, 9.17) is 4.74 Å². The summed E-state index contributed by atoms with van der Waals surface area (Å²) in [6.07, 6.45) is 2.21. The summed E-state index contributed by atoms with van der Waals surface area (Å²) in [5.74, 6) is 1.12. The third-order valence-electron chi connectivity index (χ3n) is 3.01. The van der Waals surface area contributed by atoms with Crippen LogP contribution in [0.4, 0.5) is 5.82 Å². The number of rotatable bonds is 5. The first-order valence-electron chi connectivity index (χ1n) is 6.17. The van der Waals surface area contributed by atoms with E-state index in [1.807, 2.05) is 0 Å². The van der Waals surface area contributed by atoms with Gasteiger partial charge in [0.25, 0.3) is 5.91 Å². The molecular formula is C12H18N4O2. The Bertz CT molecular complexity index is 388. The molecule has 0 radical (unpaired) electrons. The Morgan fingerprint density at radius 1 is 1.50 bits per heavy atom. The first-order valence-corrected chi connectivity index (χ1v) is 6.17. The van der Waals surface area contributed by atoms with Gasteiger partial charge in [0.2, 0.25) is 0 Å². The van der Waals surface area contributed by atoms with Crippen molar-refractivity contribution in [2.45, 2.75) is 12.8 Å². The minimum atomic E-state index is -0.225. The van der Waals surface area contributed by atoms with E-state index in [9.17, 15) is 4.79 Å². The highest BCUT2D eigenvalue weighted by Crippen LogP contribution is 2.16. The maximum atomic E-state index is 11.3. The number of carbonyl (C=O) groups is 1. The van der Waals surface area contributed by atoms with Crippen LogP contribution in [0.5, 0.6) is 0 Å². The van der Waals surface area contributed by atoms with Crippen LogP contribution in [-0.2, 0) is 4.74 Å². The average molecular weight is 250 g/mol. The molecular weight excluding hydrogens is 232 g/mol. The molecule has 1 unspecified atom stereocenters. The number of hydrogen-bond donors (Lipinski definition) is 2. The minimum Gasteiger partial charge on any atom is -0.381 e. The lowest BCUT2D eigenvalue weighted by Gasteiger charge is -2.08. The largest absolute Gasteiger partial charge is 0.381 e. The zero-order chi connectivity index (χ0) is 12.8. The second-order valence-corrected chi connectivity index (χ2v) is 4.33. The lowest BCUT2D eigenvalue weighted by atomic mass is 10.1. The summed E-state index contributed by atoms with van der Waals surface area (Å²) in [5.41, 5.74) is 0.326. The summed E-state index contributed by atoms with van der Waals surface area (Å²) in [4.78, 5) is 11.3. The number of anilines is 1. The van der Waals surface area contributed by atoms with Crippen LogP contribution in [0.2, 0.25) is 0 Å². The Labute approximate surface area is 106 Å². The maximum Gasteiger partial charge on any atom is 0.271 e. The van der Waals surface area contributed by atoms with Crippen LogP contribution >= 0.6 is 0 Å². The Balaban J connectivity index is 1.77. The molecule has 0 aliphatic carbocycles. The van der Waals surface area contributed by atoms with Crippen molar-refractivity contribution in [1.82, 2.24) is 15.5 Å². The molecule has 1 aliphatic rings. The topological polar surface area (TPSA) is 76.1 Å². The molecule has 98 valence electrons. The Morgan fingerprint density at radius 2 is 2.39 bits per heavy atom. The molecule has 0 aromatic carbocycles. The van der Waals surface area contributed by atoms with E-state index in [-0.39, 0.29) is 5.91 Å². The van der Waals surface area contributed by atoms with E-state index < -0.39 is 0 Å². The number of nitrogens with zero attached hydrogens (tertiary/aromatic N) is 2. The summed E-state index contributed by atoms with van der Waals surface area (Å²) in [5, 5.41) is 13.5. The highest BCUT2D eigenvalue weighted by atomic mass is 16.5. The molecule has 1 aromatic rings. The van der Waals surface area contributed by atoms with Crippen LogP contribution in [0.15, 0.2) is 12.1 Å². The van der Waals surface area contributed by atoms with Gasteiger partial charge in [-0.1, -0.05) is 0 Å². The minimum absolute atomic E-state index is 0.225. The number of nitrogens with one attached hydrogen (secondary N) is 2. The highest BCUT2D eigenvalue weighted by Gasteiger charge is 2.14. The number of carbonyl (C=O) groups excluding carboxylic acids is 1. The van der Waals surface area contributed by atoms with Gasteiger partial charge in [0, 0.05) is 26.8 Å². The van der Waals surface area contributed by atoms with Crippen molar-refractivity contribution < 1.29 is 9.53 Å². The van der Waals surface area contributed by atoms with Gasteiger partial charge in [0.15, 0.2) is 5.69 Å². The van der Waals surface area contributed by atoms with Crippen LogP contribution in [0, 0.1) is 5.92 Å². The fourth-order valence-corrected chi connectivity index (χ4v) is 1.89. The van der Waals surface area contributed by atoms with Crippen LogP contribution in [-0.4, -0.2) is 42.9 Å². The second kappa shape index (κ2) is 6.30. The molecule has 1 aromatic heterocycles. The SMILES string of the molecule is CNC(=O)c1ccc(NCCC2CCOC2)nn1. The van der Waals surface area contributed by atoms with Crippen molar-refractivity contribution in [2.24, 2.45) is 5.92 Å². The number of ether oxygens (including phenoxy) is 1. The van der Waals surface area contributed by atoms with Crippen LogP contribution in [0.3, 0.4) is 0 Å². The summed E-state index contributed by atoms with van der Waals surface area (Å²) >= 11 is 0. The Kier molecular flexibility index (Phi) is 4.46. The van der Waals surface area contributed by atoms with Crippen molar-refractivity contribution in [1.29, 1.82) is 0 Å². The quantitative estimate of drug-likeness (QED) is 0.803. The van der Waals surface area contributed by atoms with Gasteiger partial charge in [-0.2, -0.15) is 0 Å². The third-order valence-corrected chi connectivity index (χ3v) is 3.01. The van der Waals surface area contributed by atoms with Gasteiger partial charge in [0.05, 0.1) is 0 Å². The van der Waals surface area contributed by atoms with Gasteiger partial charge in [-0.3, -0.25) is 4.79 Å². The molecule has 0 bridgehead atoms. The maximum absolute atomic E-state index is 11.3. The molecule has 18 heavy (non-hydrogen) atoms. The van der Waals surface area contributed by atoms with Gasteiger partial charge in [-0.25, -0.2) is 0 Å². The molecule has 1 saturated heterocycles. The number of aromatic nitrogens is 2. The molecule has 2 N–H and O–H groups in total. The predicted molar refractivity (Wildman–Crippen MR) is 67.5 cm³/mol. The lowest BCUT2D eigenvalue weighted by molar-refractivity contribution is 0.0957. The molecule has 1 fully saturated rings. The van der Waals surface area contributed by atoms with E-state index in [2.05, 4.69) is 20.8 Å². The van der Waals surface area contributed by atoms with Crippen molar-refractivity contribution in [2.75, 3.05) is 32.1 Å². The molecule has 1 aliphatic heterocycles. The first-order chi connectivity index (χ1) is 8.79. The Morgan fingerprint density at radius 3 is 3.00 bits per heavy atom. The van der Waals surface area contributed by atoms with E-state index in [0.29, 0.717) is 17.4 Å². The lowest BCUT2D eigenvalue weighted by Crippen LogP contribution is -2.20. The molecule has 2 rings (SSSR count). The molecule has 6 heteroatoms. The van der Waals surface area contributed by atoms with Gasteiger partial charge in [-0.05, 0) is 30.9 Å². The van der Waals surface area contributed by atoms with E-state index in [0.717, 1.165) is 32.6 Å². The normalized spacial score (nSPS) is 18.6. The van der Waals surface area contributed by atoms with E-state index in [1.54, 1.807) is 19.2 Å². The fourth-order valence-electron chi connectivity index (χ4n) is 1.89. The molecule has 0 saturated carbocycles. The predicted octanol–water partition coefficient (Wildman–Crippen LogP) is 0.675. The van der Waals surface area contributed by atoms with Crippen molar-refractivity contribution in [3.8, 4) is 0 Å². The smallest absolute Gasteiger partial charge is 0.271 e. The van der Waals surface area contributed by atoms with Crippen LogP contribution < -0.4 is 10.6 Å². The monoisotopic (exact) mass is 250 g/mol. The van der Waals surface area contributed by atoms with E-state index >= 15 is 0 Å². The van der Waals surface area contributed by atoms with Gasteiger partial charge < -0.3 is 15.4 Å². The first kappa shape index (κ1) is 12.8. The molecule has 1 atom stereocenters. The van der Waals surface area contributed by atoms with Crippen LogP contribution in [0.25, 0.3) is 0 Å². The van der Waals surface area contributed by atoms with Crippen molar-refractivity contribution >= 4 is 11.7 Å². The van der Waals surface area contributed by atoms with Gasteiger partial charge >= 0.3 is 0 Å². The average Bonchev–Trinajstić information content (AvgIpc) is 2.92. The summed E-state index contributed by atoms with van der Waals surface area (Å²) in [6, 6.07) is 3.43. The van der Waals surface area contributed by atoms with Crippen LogP contribution in [0.1, 0.15) is 23.3 Å².